The summed E-state index contributed by atoms with van der Waals surface area (Å²) in [5, 5.41) is 16.9. The summed E-state index contributed by atoms with van der Waals surface area (Å²) in [5.74, 6) is -0.263. The number of carbonyl (C=O) groups is 1. The first kappa shape index (κ1) is 24.6. The van der Waals surface area contributed by atoms with E-state index >= 15 is 0 Å². The number of β-amino-alcohol motifs (C(OH)–C–C–N with tert-alkyl or cyclic N) is 1. The highest BCUT2D eigenvalue weighted by Gasteiger charge is 2.21. The first-order valence-corrected chi connectivity index (χ1v) is 12.3. The summed E-state index contributed by atoms with van der Waals surface area (Å²) in [5.41, 5.74) is 3.97. The summed E-state index contributed by atoms with van der Waals surface area (Å²) in [6, 6.07) is 12.5. The lowest BCUT2D eigenvalue weighted by Gasteiger charge is -2.32. The molecule has 0 spiro atoms. The van der Waals surface area contributed by atoms with Crippen LogP contribution in [-0.2, 0) is 17.7 Å². The first-order valence-electron chi connectivity index (χ1n) is 12.3. The number of pyridine rings is 1. The smallest absolute Gasteiger partial charge is 0.270 e. The Morgan fingerprint density at radius 1 is 1.18 bits per heavy atom. The monoisotopic (exact) mass is 467 g/mol. The minimum Gasteiger partial charge on any atom is -0.390 e. The number of benzene rings is 1. The number of likely N-dealkylation sites (tertiary alicyclic amines) is 1. The van der Waals surface area contributed by atoms with Crippen LogP contribution in [0.1, 0.15) is 34.5 Å². The number of aromatic nitrogens is 1. The van der Waals surface area contributed by atoms with Gasteiger partial charge in [0.2, 0.25) is 0 Å². The molecule has 0 aliphatic carbocycles. The molecule has 0 bridgehead atoms. The van der Waals surface area contributed by atoms with Gasteiger partial charge in [0.1, 0.15) is 5.69 Å². The van der Waals surface area contributed by atoms with E-state index in [-0.39, 0.29) is 12.5 Å². The molecule has 34 heavy (non-hydrogen) atoms. The van der Waals surface area contributed by atoms with Crippen LogP contribution < -0.4 is 10.6 Å². The SMILES string of the molecule is COCCN1CCC(Nc2ccnc(C(=O)NC[C@H](O)CN3CCc4ccccc4C3)c2)CC1. The quantitative estimate of drug-likeness (QED) is 0.491. The molecule has 8 heteroatoms. The predicted octanol–water partition coefficient (Wildman–Crippen LogP) is 1.75. The van der Waals surface area contributed by atoms with Gasteiger partial charge in [0.05, 0.1) is 12.7 Å². The zero-order chi connectivity index (χ0) is 23.8. The molecule has 0 unspecified atom stereocenters. The van der Waals surface area contributed by atoms with E-state index in [1.165, 1.54) is 11.1 Å². The predicted molar refractivity (Wildman–Crippen MR) is 133 cm³/mol. The molecule has 2 aliphatic heterocycles. The first-order chi connectivity index (χ1) is 16.6. The largest absolute Gasteiger partial charge is 0.390 e. The molecule has 3 heterocycles. The number of methoxy groups -OCH3 is 1. The Labute approximate surface area is 202 Å². The van der Waals surface area contributed by atoms with Gasteiger partial charge in [-0.15, -0.1) is 0 Å². The highest BCUT2D eigenvalue weighted by Crippen LogP contribution is 2.19. The number of carbonyl (C=O) groups excluding carboxylic acids is 1. The number of amides is 1. The Morgan fingerprint density at radius 2 is 1.97 bits per heavy atom. The number of ether oxygens (including phenoxy) is 1. The van der Waals surface area contributed by atoms with Crippen LogP contribution in [0.4, 0.5) is 5.69 Å². The normalized spacial score (nSPS) is 18.3. The van der Waals surface area contributed by atoms with Gasteiger partial charge in [-0.3, -0.25) is 14.7 Å². The molecule has 184 valence electrons. The fraction of sp³-hybridized carbons (Fsp3) is 0.538. The number of nitrogens with one attached hydrogen (secondary N) is 2. The Hall–Kier alpha value is -2.52. The summed E-state index contributed by atoms with van der Waals surface area (Å²) in [7, 11) is 1.74. The van der Waals surface area contributed by atoms with Crippen molar-refractivity contribution < 1.29 is 14.6 Å². The van der Waals surface area contributed by atoms with Gasteiger partial charge in [-0.05, 0) is 42.5 Å². The number of nitrogens with zero attached hydrogens (tertiary/aromatic N) is 3. The second kappa shape index (κ2) is 12.3. The van der Waals surface area contributed by atoms with E-state index in [0.29, 0.717) is 18.3 Å². The number of aliphatic hydroxyl groups excluding tert-OH is 1. The Balaban J connectivity index is 1.20. The fourth-order valence-corrected chi connectivity index (χ4v) is 4.78. The molecule has 4 rings (SSSR count). The molecular weight excluding hydrogens is 430 g/mol. The van der Waals surface area contributed by atoms with Crippen molar-refractivity contribution in [3.8, 4) is 0 Å². The van der Waals surface area contributed by atoms with Crippen molar-refractivity contribution in [3.63, 3.8) is 0 Å². The van der Waals surface area contributed by atoms with Crippen molar-refractivity contribution in [2.24, 2.45) is 0 Å². The van der Waals surface area contributed by atoms with Crippen LogP contribution in [-0.4, -0.2) is 90.9 Å². The van der Waals surface area contributed by atoms with Crippen molar-refractivity contribution in [2.45, 2.75) is 38.0 Å². The lowest BCUT2D eigenvalue weighted by atomic mass is 10.00. The summed E-state index contributed by atoms with van der Waals surface area (Å²) >= 11 is 0. The third-order valence-electron chi connectivity index (χ3n) is 6.74. The van der Waals surface area contributed by atoms with E-state index in [0.717, 1.165) is 64.3 Å². The number of aliphatic hydroxyl groups is 1. The van der Waals surface area contributed by atoms with Gasteiger partial charge >= 0.3 is 0 Å². The molecule has 1 aromatic heterocycles. The molecule has 2 aromatic rings. The Kier molecular flexibility index (Phi) is 8.87. The number of piperidine rings is 1. The molecule has 8 nitrogen and oxygen atoms in total. The minimum absolute atomic E-state index is 0.205. The zero-order valence-electron chi connectivity index (χ0n) is 20.1. The molecule has 0 radical (unpaired) electrons. The molecule has 3 N–H and O–H groups in total. The van der Waals surface area contributed by atoms with Gasteiger partial charge in [-0.25, -0.2) is 0 Å². The highest BCUT2D eigenvalue weighted by atomic mass is 16.5. The zero-order valence-corrected chi connectivity index (χ0v) is 20.1. The van der Waals surface area contributed by atoms with Gasteiger partial charge in [-0.1, -0.05) is 24.3 Å². The van der Waals surface area contributed by atoms with Gasteiger partial charge in [0.15, 0.2) is 0 Å². The maximum absolute atomic E-state index is 12.6. The van der Waals surface area contributed by atoms with Crippen LogP contribution >= 0.6 is 0 Å². The number of hydrogen-bond acceptors (Lipinski definition) is 7. The second-order valence-corrected chi connectivity index (χ2v) is 9.30. The van der Waals surface area contributed by atoms with Crippen LogP contribution in [0.25, 0.3) is 0 Å². The van der Waals surface area contributed by atoms with Crippen LogP contribution in [0, 0.1) is 0 Å². The van der Waals surface area contributed by atoms with Crippen LogP contribution in [0.3, 0.4) is 0 Å². The van der Waals surface area contributed by atoms with E-state index in [2.05, 4.69) is 49.7 Å². The van der Waals surface area contributed by atoms with E-state index in [9.17, 15) is 9.90 Å². The molecule has 1 saturated heterocycles. The standard InChI is InChI=1S/C26H37N5O3/c1-34-15-14-30-12-8-22(9-13-30)29-23-6-10-27-25(16-23)26(33)28-17-24(32)19-31-11-7-20-4-2-3-5-21(20)18-31/h2-6,10,16,22,24,32H,7-9,11-15,17-19H2,1H3,(H,27,29)(H,28,33)/t24-/m0/s1. The molecule has 1 amide bonds. The van der Waals surface area contributed by atoms with E-state index in [4.69, 9.17) is 4.74 Å². The molecule has 1 aromatic carbocycles. The number of hydrogen-bond donors (Lipinski definition) is 3. The maximum Gasteiger partial charge on any atom is 0.270 e. The Bertz CT molecular complexity index is 932. The number of rotatable bonds is 10. The number of fused-ring (bicyclic) bond motifs is 1. The summed E-state index contributed by atoms with van der Waals surface area (Å²) in [6.07, 6.45) is 4.14. The minimum atomic E-state index is -0.626. The fourth-order valence-electron chi connectivity index (χ4n) is 4.78. The van der Waals surface area contributed by atoms with Gasteiger partial charge in [-0.2, -0.15) is 0 Å². The molecular formula is C26H37N5O3. The molecule has 2 aliphatic rings. The Morgan fingerprint density at radius 3 is 2.76 bits per heavy atom. The van der Waals surface area contributed by atoms with Crippen molar-refractivity contribution in [1.29, 1.82) is 0 Å². The molecule has 0 saturated carbocycles. The van der Waals surface area contributed by atoms with E-state index in [1.807, 2.05) is 6.07 Å². The summed E-state index contributed by atoms with van der Waals surface area (Å²) in [4.78, 5) is 21.5. The summed E-state index contributed by atoms with van der Waals surface area (Å²) < 4.78 is 5.17. The van der Waals surface area contributed by atoms with E-state index < -0.39 is 6.10 Å². The summed E-state index contributed by atoms with van der Waals surface area (Å²) in [6.45, 7) is 6.31. The van der Waals surface area contributed by atoms with Gasteiger partial charge < -0.3 is 25.4 Å². The van der Waals surface area contributed by atoms with Crippen LogP contribution in [0.5, 0.6) is 0 Å². The van der Waals surface area contributed by atoms with Crippen molar-refractivity contribution >= 4 is 11.6 Å². The van der Waals surface area contributed by atoms with Gasteiger partial charge in [0, 0.05) is 70.8 Å². The van der Waals surface area contributed by atoms with Crippen molar-refractivity contribution in [1.82, 2.24) is 20.1 Å². The van der Waals surface area contributed by atoms with Gasteiger partial charge in [0.25, 0.3) is 5.91 Å². The van der Waals surface area contributed by atoms with Crippen molar-refractivity contribution in [2.75, 3.05) is 58.3 Å². The molecule has 1 atom stereocenters. The molecule has 1 fully saturated rings. The van der Waals surface area contributed by atoms with Crippen LogP contribution in [0.2, 0.25) is 0 Å². The van der Waals surface area contributed by atoms with Crippen LogP contribution in [0.15, 0.2) is 42.6 Å². The third kappa shape index (κ3) is 6.99. The second-order valence-electron chi connectivity index (χ2n) is 9.30. The van der Waals surface area contributed by atoms with Crippen molar-refractivity contribution in [3.05, 3.63) is 59.4 Å². The third-order valence-corrected chi connectivity index (χ3v) is 6.74. The number of anilines is 1. The lowest BCUT2D eigenvalue weighted by Crippen LogP contribution is -2.42. The highest BCUT2D eigenvalue weighted by molar-refractivity contribution is 5.93. The maximum atomic E-state index is 12.6. The average molecular weight is 468 g/mol. The van der Waals surface area contributed by atoms with E-state index in [1.54, 1.807) is 19.4 Å². The lowest BCUT2D eigenvalue weighted by molar-refractivity contribution is 0.0838. The topological polar surface area (TPSA) is 90.0 Å². The average Bonchev–Trinajstić information content (AvgIpc) is 2.87.